The highest BCUT2D eigenvalue weighted by atomic mass is 35.5. The summed E-state index contributed by atoms with van der Waals surface area (Å²) in [6.07, 6.45) is 1.18. The van der Waals surface area contributed by atoms with E-state index in [0.717, 1.165) is 9.08 Å². The summed E-state index contributed by atoms with van der Waals surface area (Å²) in [6, 6.07) is -0.366. The van der Waals surface area contributed by atoms with Crippen molar-refractivity contribution in [2.45, 2.75) is 36.9 Å². The summed E-state index contributed by atoms with van der Waals surface area (Å²) in [5.74, 6) is -0.520. The number of nitrogens with zero attached hydrogens (tertiary/aromatic N) is 5. The summed E-state index contributed by atoms with van der Waals surface area (Å²) in [7, 11) is 1.44. The molecule has 1 N–H and O–H groups in total. The van der Waals surface area contributed by atoms with E-state index in [-0.39, 0.29) is 29.2 Å². The van der Waals surface area contributed by atoms with Gasteiger partial charge in [0.2, 0.25) is 0 Å². The molecular weight excluding hydrogens is 315 g/mol. The second-order valence-electron chi connectivity index (χ2n) is 5.35. The molecule has 2 aromatic heterocycles. The fourth-order valence-electron chi connectivity index (χ4n) is 2.60. The molecule has 0 bridgehead atoms. The molecule has 2 heterocycles. The standard InChI is InChI=1S/C12H14ClFN6O2/c1-19-12(22)20-5-15-9(10(20)17-18-19)11(21)16-8-3-6(13)2-7(14)4-8/h5-8H,2-4H2,1H3,(H,16,21). The van der Waals surface area contributed by atoms with Crippen LogP contribution in [0.2, 0.25) is 0 Å². The lowest BCUT2D eigenvalue weighted by Crippen LogP contribution is -2.42. The molecule has 22 heavy (non-hydrogen) atoms. The third-order valence-corrected chi connectivity index (χ3v) is 4.00. The van der Waals surface area contributed by atoms with E-state index in [9.17, 15) is 14.0 Å². The largest absolute Gasteiger partial charge is 0.352 e. The summed E-state index contributed by atoms with van der Waals surface area (Å²) in [5, 5.41) is 9.81. The van der Waals surface area contributed by atoms with Crippen molar-refractivity contribution >= 4 is 23.2 Å². The maximum Gasteiger partial charge on any atom is 0.352 e. The van der Waals surface area contributed by atoms with Crippen molar-refractivity contribution < 1.29 is 9.18 Å². The number of nitrogens with one attached hydrogen (secondary N) is 1. The highest BCUT2D eigenvalue weighted by molar-refractivity contribution is 6.20. The highest BCUT2D eigenvalue weighted by Crippen LogP contribution is 2.25. The maximum atomic E-state index is 13.5. The van der Waals surface area contributed by atoms with Crippen LogP contribution in [0.4, 0.5) is 4.39 Å². The van der Waals surface area contributed by atoms with E-state index in [0.29, 0.717) is 12.8 Å². The van der Waals surface area contributed by atoms with Crippen LogP contribution < -0.4 is 11.0 Å². The van der Waals surface area contributed by atoms with Gasteiger partial charge in [-0.25, -0.2) is 18.6 Å². The first kappa shape index (κ1) is 14.9. The SMILES string of the molecule is Cn1nnc2c(C(=O)NC3CC(F)CC(Cl)C3)ncn2c1=O. The Balaban J connectivity index is 1.84. The smallest absolute Gasteiger partial charge is 0.348 e. The lowest BCUT2D eigenvalue weighted by molar-refractivity contribution is 0.0911. The van der Waals surface area contributed by atoms with E-state index in [1.807, 2.05) is 0 Å². The molecule has 1 aliphatic carbocycles. The van der Waals surface area contributed by atoms with Gasteiger partial charge in [0.1, 0.15) is 12.5 Å². The summed E-state index contributed by atoms with van der Waals surface area (Å²) in [4.78, 5) is 28.0. The van der Waals surface area contributed by atoms with Crippen molar-refractivity contribution in [3.63, 3.8) is 0 Å². The molecule has 0 spiro atoms. The van der Waals surface area contributed by atoms with Gasteiger partial charge in [0.15, 0.2) is 11.3 Å². The molecule has 1 saturated carbocycles. The fourth-order valence-corrected chi connectivity index (χ4v) is 3.00. The minimum absolute atomic E-state index is 0.0164. The van der Waals surface area contributed by atoms with Crippen LogP contribution in [0.1, 0.15) is 29.8 Å². The number of halogens is 2. The average molecular weight is 329 g/mol. The molecule has 0 radical (unpaired) electrons. The fraction of sp³-hybridized carbons (Fsp3) is 0.583. The van der Waals surface area contributed by atoms with Crippen molar-refractivity contribution in [3.8, 4) is 0 Å². The number of aryl methyl sites for hydroxylation is 1. The monoisotopic (exact) mass is 328 g/mol. The van der Waals surface area contributed by atoms with Crippen LogP contribution >= 0.6 is 11.6 Å². The Morgan fingerprint density at radius 2 is 2.23 bits per heavy atom. The van der Waals surface area contributed by atoms with Crippen molar-refractivity contribution in [1.82, 2.24) is 29.7 Å². The molecule has 0 aromatic carbocycles. The molecule has 10 heteroatoms. The van der Waals surface area contributed by atoms with Gasteiger partial charge in [0.05, 0.1) is 0 Å². The van der Waals surface area contributed by atoms with Gasteiger partial charge < -0.3 is 5.32 Å². The van der Waals surface area contributed by atoms with Crippen molar-refractivity contribution in [2.24, 2.45) is 7.05 Å². The van der Waals surface area contributed by atoms with E-state index >= 15 is 0 Å². The Hall–Kier alpha value is -2.03. The quantitative estimate of drug-likeness (QED) is 0.786. The van der Waals surface area contributed by atoms with Crippen LogP contribution in [-0.4, -0.2) is 47.9 Å². The second kappa shape index (κ2) is 5.64. The summed E-state index contributed by atoms with van der Waals surface area (Å²) < 4.78 is 15.7. The second-order valence-corrected chi connectivity index (χ2v) is 5.97. The van der Waals surface area contributed by atoms with Crippen LogP contribution in [0.25, 0.3) is 5.65 Å². The van der Waals surface area contributed by atoms with Gasteiger partial charge >= 0.3 is 5.69 Å². The zero-order chi connectivity index (χ0) is 15.9. The lowest BCUT2D eigenvalue weighted by atomic mass is 9.93. The van der Waals surface area contributed by atoms with E-state index in [1.54, 1.807) is 0 Å². The van der Waals surface area contributed by atoms with Crippen LogP contribution in [-0.2, 0) is 7.05 Å². The Bertz CT molecular complexity index is 765. The van der Waals surface area contributed by atoms with Gasteiger partial charge in [-0.3, -0.25) is 4.79 Å². The third-order valence-electron chi connectivity index (χ3n) is 3.64. The zero-order valence-electron chi connectivity index (χ0n) is 11.7. The molecule has 1 amide bonds. The Labute approximate surface area is 129 Å². The van der Waals surface area contributed by atoms with Gasteiger partial charge in [0.25, 0.3) is 5.91 Å². The molecule has 118 valence electrons. The molecule has 3 atom stereocenters. The maximum absolute atomic E-state index is 13.5. The first-order valence-electron chi connectivity index (χ1n) is 6.81. The van der Waals surface area contributed by atoms with Crippen molar-refractivity contribution in [3.05, 3.63) is 22.5 Å². The van der Waals surface area contributed by atoms with Gasteiger partial charge in [-0.05, 0) is 19.3 Å². The topological polar surface area (TPSA) is 94.2 Å². The molecule has 8 nitrogen and oxygen atoms in total. The van der Waals surface area contributed by atoms with Crippen LogP contribution in [0.5, 0.6) is 0 Å². The first-order valence-corrected chi connectivity index (χ1v) is 7.25. The van der Waals surface area contributed by atoms with E-state index in [4.69, 9.17) is 11.6 Å². The highest BCUT2D eigenvalue weighted by Gasteiger charge is 2.30. The molecule has 1 fully saturated rings. The number of amides is 1. The van der Waals surface area contributed by atoms with Crippen LogP contribution in [0, 0.1) is 0 Å². The number of carbonyl (C=O) groups is 1. The summed E-state index contributed by atoms with van der Waals surface area (Å²) in [6.45, 7) is 0. The predicted molar refractivity (Wildman–Crippen MR) is 75.7 cm³/mol. The van der Waals surface area contributed by atoms with Gasteiger partial charge in [0, 0.05) is 18.5 Å². The van der Waals surface area contributed by atoms with Crippen molar-refractivity contribution in [2.75, 3.05) is 0 Å². The number of imidazole rings is 1. The lowest BCUT2D eigenvalue weighted by Gasteiger charge is -2.28. The van der Waals surface area contributed by atoms with E-state index < -0.39 is 17.8 Å². The molecule has 0 aliphatic heterocycles. The van der Waals surface area contributed by atoms with E-state index in [1.165, 1.54) is 13.4 Å². The van der Waals surface area contributed by atoms with Crippen LogP contribution in [0.3, 0.4) is 0 Å². The molecule has 3 rings (SSSR count). The van der Waals surface area contributed by atoms with Crippen molar-refractivity contribution in [1.29, 1.82) is 0 Å². The number of fused-ring (bicyclic) bond motifs is 1. The minimum atomic E-state index is -1.03. The first-order chi connectivity index (χ1) is 10.5. The number of alkyl halides is 2. The normalized spacial score (nSPS) is 25.3. The molecule has 1 aliphatic rings. The average Bonchev–Trinajstić information content (AvgIpc) is 2.86. The van der Waals surface area contributed by atoms with Gasteiger partial charge in [-0.15, -0.1) is 16.7 Å². The number of rotatable bonds is 2. The zero-order valence-corrected chi connectivity index (χ0v) is 12.5. The minimum Gasteiger partial charge on any atom is -0.348 e. The Morgan fingerprint density at radius 1 is 1.45 bits per heavy atom. The Kier molecular flexibility index (Phi) is 3.81. The Morgan fingerprint density at radius 3 is 2.95 bits per heavy atom. The number of hydrogen-bond acceptors (Lipinski definition) is 5. The predicted octanol–water partition coefficient (Wildman–Crippen LogP) is 0.0508. The van der Waals surface area contributed by atoms with Gasteiger partial charge in [-0.2, -0.15) is 4.68 Å². The number of aromatic nitrogens is 5. The molecular formula is C12H14ClFN6O2. The van der Waals surface area contributed by atoms with Crippen LogP contribution in [0.15, 0.2) is 11.1 Å². The number of carbonyl (C=O) groups excluding carboxylic acids is 1. The summed E-state index contributed by atoms with van der Waals surface area (Å²) in [5.41, 5.74) is -0.410. The van der Waals surface area contributed by atoms with E-state index in [2.05, 4.69) is 20.6 Å². The molecule has 2 aromatic rings. The molecule has 3 unspecified atom stereocenters. The molecule has 0 saturated heterocycles. The van der Waals surface area contributed by atoms with Gasteiger partial charge in [-0.1, -0.05) is 5.21 Å². The number of hydrogen-bond donors (Lipinski definition) is 1. The summed E-state index contributed by atoms with van der Waals surface area (Å²) >= 11 is 5.97. The third kappa shape index (κ3) is 2.68.